The van der Waals surface area contributed by atoms with E-state index in [0.717, 1.165) is 25.3 Å². The summed E-state index contributed by atoms with van der Waals surface area (Å²) in [5.41, 5.74) is -1.49. The second kappa shape index (κ2) is 7.79. The fraction of sp³-hybridized carbons (Fsp3) is 0.409. The van der Waals surface area contributed by atoms with E-state index in [4.69, 9.17) is 0 Å². The van der Waals surface area contributed by atoms with Crippen LogP contribution in [-0.2, 0) is 6.54 Å². The van der Waals surface area contributed by atoms with E-state index in [2.05, 4.69) is 5.32 Å². The number of aromatic hydroxyl groups is 1. The molecule has 2 atom stereocenters. The van der Waals surface area contributed by atoms with Crippen LogP contribution in [0, 0.1) is 18.6 Å². The van der Waals surface area contributed by atoms with Crippen LogP contribution in [0.3, 0.4) is 0 Å². The Hall–Kier alpha value is -3.23. The van der Waals surface area contributed by atoms with Crippen molar-refractivity contribution in [2.45, 2.75) is 51.7 Å². The van der Waals surface area contributed by atoms with Crippen molar-refractivity contribution in [3.8, 4) is 5.75 Å². The highest BCUT2D eigenvalue weighted by Gasteiger charge is 2.38. The predicted molar refractivity (Wildman–Crippen MR) is 108 cm³/mol. The van der Waals surface area contributed by atoms with Gasteiger partial charge in [-0.1, -0.05) is 6.07 Å². The summed E-state index contributed by atoms with van der Waals surface area (Å²) in [5, 5.41) is 13.0. The van der Waals surface area contributed by atoms with Crippen LogP contribution in [0.5, 0.6) is 5.75 Å². The number of amides is 2. The number of nitrogens with zero attached hydrogens (tertiary/aromatic N) is 2. The molecule has 4 rings (SSSR count). The molecule has 0 radical (unpaired) electrons. The molecule has 2 bridgehead atoms. The summed E-state index contributed by atoms with van der Waals surface area (Å²) in [7, 11) is 0. The molecule has 1 fully saturated rings. The maximum Gasteiger partial charge on any atom is 0.274 e. The standard InChI is InChI=1S/C22H23F2N3O4/c1-11-4-3-5-14-9-26(11)22(31)18-20(29)19(28)15(10-27(14)18)21(30)25-8-13-6-7-16(23)12(2)17(13)24/h6-7,10-11,14,29H,3-5,8-9H2,1-2H3,(H,25,30). The molecule has 1 aromatic carbocycles. The number of rotatable bonds is 3. The first-order valence-corrected chi connectivity index (χ1v) is 10.2. The SMILES string of the molecule is Cc1c(F)ccc(CNC(=O)c2cn3c(c(O)c2=O)C(=O)N2CC3CCCC2C)c1F. The number of nitrogens with one attached hydrogen (secondary N) is 1. The topological polar surface area (TPSA) is 91.6 Å². The molecule has 0 aliphatic carbocycles. The zero-order valence-electron chi connectivity index (χ0n) is 17.2. The average Bonchev–Trinajstić information content (AvgIpc) is 2.91. The van der Waals surface area contributed by atoms with E-state index in [1.165, 1.54) is 23.8 Å². The number of pyridine rings is 1. The third kappa shape index (κ3) is 3.47. The molecule has 164 valence electrons. The molecular weight excluding hydrogens is 408 g/mol. The summed E-state index contributed by atoms with van der Waals surface area (Å²) >= 11 is 0. The molecule has 31 heavy (non-hydrogen) atoms. The van der Waals surface area contributed by atoms with Crippen molar-refractivity contribution in [1.82, 2.24) is 14.8 Å². The number of hydrogen-bond donors (Lipinski definition) is 2. The van der Waals surface area contributed by atoms with Crippen LogP contribution in [0.25, 0.3) is 0 Å². The van der Waals surface area contributed by atoms with E-state index < -0.39 is 34.6 Å². The van der Waals surface area contributed by atoms with E-state index in [1.54, 1.807) is 4.90 Å². The predicted octanol–water partition coefficient (Wildman–Crippen LogP) is 2.64. The average molecular weight is 431 g/mol. The van der Waals surface area contributed by atoms with Gasteiger partial charge in [-0.25, -0.2) is 8.78 Å². The van der Waals surface area contributed by atoms with Crippen molar-refractivity contribution in [1.29, 1.82) is 0 Å². The summed E-state index contributed by atoms with van der Waals surface area (Å²) < 4.78 is 29.2. The van der Waals surface area contributed by atoms with Gasteiger partial charge in [-0.15, -0.1) is 0 Å². The molecule has 2 aromatic rings. The van der Waals surface area contributed by atoms with Gasteiger partial charge < -0.3 is 19.9 Å². The van der Waals surface area contributed by atoms with Gasteiger partial charge in [-0.3, -0.25) is 14.4 Å². The molecule has 2 aliphatic heterocycles. The van der Waals surface area contributed by atoms with Gasteiger partial charge in [0.15, 0.2) is 11.4 Å². The Morgan fingerprint density at radius 1 is 1.26 bits per heavy atom. The zero-order valence-corrected chi connectivity index (χ0v) is 17.2. The molecule has 9 heteroatoms. The third-order valence-electron chi connectivity index (χ3n) is 6.25. The first-order chi connectivity index (χ1) is 14.7. The molecule has 1 aromatic heterocycles. The maximum atomic E-state index is 14.2. The highest BCUT2D eigenvalue weighted by atomic mass is 19.1. The quantitative estimate of drug-likeness (QED) is 0.782. The molecule has 0 spiro atoms. The zero-order chi connectivity index (χ0) is 22.4. The van der Waals surface area contributed by atoms with Crippen LogP contribution in [0.1, 0.15) is 64.2 Å². The molecule has 2 unspecified atom stereocenters. The number of carbonyl (C=O) groups is 2. The first-order valence-electron chi connectivity index (χ1n) is 10.2. The van der Waals surface area contributed by atoms with Gasteiger partial charge in [-0.2, -0.15) is 0 Å². The van der Waals surface area contributed by atoms with E-state index in [-0.39, 0.29) is 41.0 Å². The van der Waals surface area contributed by atoms with Crippen molar-refractivity contribution in [2.75, 3.05) is 6.54 Å². The van der Waals surface area contributed by atoms with E-state index in [0.29, 0.717) is 6.54 Å². The van der Waals surface area contributed by atoms with Gasteiger partial charge in [0.1, 0.15) is 17.2 Å². The number of aromatic nitrogens is 1. The summed E-state index contributed by atoms with van der Waals surface area (Å²) in [4.78, 5) is 39.9. The molecule has 0 saturated carbocycles. The fourth-order valence-electron chi connectivity index (χ4n) is 4.36. The van der Waals surface area contributed by atoms with Crippen LogP contribution in [0.15, 0.2) is 23.1 Å². The number of hydrogen-bond acceptors (Lipinski definition) is 4. The second-order valence-electron chi connectivity index (χ2n) is 8.20. The number of fused-ring (bicyclic) bond motifs is 4. The van der Waals surface area contributed by atoms with Crippen molar-refractivity contribution in [3.63, 3.8) is 0 Å². The van der Waals surface area contributed by atoms with Gasteiger partial charge in [0.2, 0.25) is 5.43 Å². The molecule has 3 heterocycles. The normalized spacial score (nSPS) is 20.3. The number of halogens is 2. The third-order valence-corrected chi connectivity index (χ3v) is 6.25. The monoisotopic (exact) mass is 431 g/mol. The molecule has 2 amide bonds. The lowest BCUT2D eigenvalue weighted by Gasteiger charge is -2.37. The Bertz CT molecular complexity index is 1140. The van der Waals surface area contributed by atoms with Crippen molar-refractivity contribution < 1.29 is 23.5 Å². The van der Waals surface area contributed by atoms with Gasteiger partial charge in [0, 0.05) is 36.5 Å². The van der Waals surface area contributed by atoms with Crippen molar-refractivity contribution in [2.24, 2.45) is 0 Å². The Balaban J connectivity index is 1.66. The highest BCUT2D eigenvalue weighted by molar-refractivity contribution is 5.99. The minimum absolute atomic E-state index is 0.00205. The summed E-state index contributed by atoms with van der Waals surface area (Å²) in [6.07, 6.45) is 3.73. The Kier molecular flexibility index (Phi) is 5.28. The second-order valence-corrected chi connectivity index (χ2v) is 8.20. The lowest BCUT2D eigenvalue weighted by Crippen LogP contribution is -2.47. The van der Waals surface area contributed by atoms with Gasteiger partial charge in [-0.05, 0) is 39.2 Å². The lowest BCUT2D eigenvalue weighted by molar-refractivity contribution is 0.0604. The minimum atomic E-state index is -0.958. The van der Waals surface area contributed by atoms with Crippen molar-refractivity contribution >= 4 is 11.8 Å². The van der Waals surface area contributed by atoms with Crippen LogP contribution >= 0.6 is 0 Å². The largest absolute Gasteiger partial charge is 0.503 e. The fourth-order valence-corrected chi connectivity index (χ4v) is 4.36. The molecule has 2 aliphatic rings. The van der Waals surface area contributed by atoms with Crippen LogP contribution < -0.4 is 10.7 Å². The van der Waals surface area contributed by atoms with Crippen LogP contribution in [0.2, 0.25) is 0 Å². The van der Waals surface area contributed by atoms with Crippen molar-refractivity contribution in [3.05, 3.63) is 62.6 Å². The number of carbonyl (C=O) groups excluding carboxylic acids is 2. The van der Waals surface area contributed by atoms with Gasteiger partial charge in [0.25, 0.3) is 11.8 Å². The first kappa shape index (κ1) is 21.0. The van der Waals surface area contributed by atoms with E-state index in [9.17, 15) is 28.3 Å². The molecular formula is C22H23F2N3O4. The number of benzene rings is 1. The van der Waals surface area contributed by atoms with Gasteiger partial charge in [0.05, 0.1) is 6.04 Å². The minimum Gasteiger partial charge on any atom is -0.503 e. The van der Waals surface area contributed by atoms with Gasteiger partial charge >= 0.3 is 0 Å². The van der Waals surface area contributed by atoms with E-state index in [1.807, 2.05) is 6.92 Å². The van der Waals surface area contributed by atoms with E-state index >= 15 is 0 Å². The summed E-state index contributed by atoms with van der Waals surface area (Å²) in [6.45, 7) is 3.40. The Morgan fingerprint density at radius 3 is 2.74 bits per heavy atom. The molecule has 7 nitrogen and oxygen atoms in total. The Morgan fingerprint density at radius 2 is 2.00 bits per heavy atom. The molecule has 1 saturated heterocycles. The molecule has 2 N–H and O–H groups in total. The maximum absolute atomic E-state index is 14.2. The highest BCUT2D eigenvalue weighted by Crippen LogP contribution is 2.34. The smallest absolute Gasteiger partial charge is 0.274 e. The van der Waals surface area contributed by atoms with Crippen LogP contribution in [-0.4, -0.2) is 39.0 Å². The van der Waals surface area contributed by atoms with Crippen LogP contribution in [0.4, 0.5) is 8.78 Å². The lowest BCUT2D eigenvalue weighted by atomic mass is 10.1. The summed E-state index contributed by atoms with van der Waals surface area (Å²) in [6, 6.07) is 2.16. The summed E-state index contributed by atoms with van der Waals surface area (Å²) in [5.74, 6) is -3.47. The Labute approximate surface area is 177 Å².